The Balaban J connectivity index is 1.59. The van der Waals surface area contributed by atoms with E-state index in [0.29, 0.717) is 28.1 Å². The Hall–Kier alpha value is -4.65. The molecule has 0 spiro atoms. The number of anilines is 2. The second kappa shape index (κ2) is 9.46. The fraction of sp³-hybridized carbons (Fsp3) is 0.0741. The lowest BCUT2D eigenvalue weighted by molar-refractivity contribution is 0.0593. The number of nitrogens with one attached hydrogen (secondary N) is 1. The van der Waals surface area contributed by atoms with Crippen LogP contribution in [0.3, 0.4) is 0 Å². The van der Waals surface area contributed by atoms with Crippen LogP contribution in [-0.4, -0.2) is 17.0 Å². The van der Waals surface area contributed by atoms with Crippen molar-refractivity contribution in [3.8, 4) is 11.1 Å². The Morgan fingerprint density at radius 3 is 2.26 bits per heavy atom. The molecule has 0 fully saturated rings. The Bertz CT molecular complexity index is 1310. The summed E-state index contributed by atoms with van der Waals surface area (Å²) in [6.07, 6.45) is 2.31. The standard InChI is InChI=1S/C27H24N4O3/c1-27(34-26(29)33,22-8-5-15-30-17-22)21-12-9-19(10-13-21)25(32)31-24-16-20(11-14-23(24)28)18-6-3-2-4-7-18/h2-17H,28H2,1H3,(H2,29,33)(H,31,32). The average Bonchev–Trinajstić information content (AvgIpc) is 2.86. The van der Waals surface area contributed by atoms with Gasteiger partial charge in [-0.05, 0) is 53.9 Å². The number of primary amides is 1. The smallest absolute Gasteiger partial charge is 0.405 e. The molecule has 4 aromatic rings. The van der Waals surface area contributed by atoms with Gasteiger partial charge in [-0.25, -0.2) is 4.79 Å². The van der Waals surface area contributed by atoms with Crippen LogP contribution in [0.2, 0.25) is 0 Å². The van der Waals surface area contributed by atoms with E-state index in [1.165, 1.54) is 0 Å². The number of benzene rings is 3. The fourth-order valence-corrected chi connectivity index (χ4v) is 3.74. The number of nitrogens with two attached hydrogens (primary N) is 2. The highest BCUT2D eigenvalue weighted by atomic mass is 16.6. The van der Waals surface area contributed by atoms with E-state index >= 15 is 0 Å². The number of ether oxygens (including phenoxy) is 1. The van der Waals surface area contributed by atoms with Gasteiger partial charge in [0.1, 0.15) is 0 Å². The lowest BCUT2D eigenvalue weighted by Gasteiger charge is -2.29. The van der Waals surface area contributed by atoms with Crippen molar-refractivity contribution in [3.05, 3.63) is 114 Å². The molecule has 1 unspecified atom stereocenters. The topological polar surface area (TPSA) is 120 Å². The molecule has 1 atom stereocenters. The van der Waals surface area contributed by atoms with Crippen LogP contribution in [0.5, 0.6) is 0 Å². The van der Waals surface area contributed by atoms with Gasteiger partial charge in [-0.2, -0.15) is 0 Å². The van der Waals surface area contributed by atoms with Crippen LogP contribution < -0.4 is 16.8 Å². The van der Waals surface area contributed by atoms with Gasteiger partial charge in [0.05, 0.1) is 11.4 Å². The molecule has 0 saturated heterocycles. The van der Waals surface area contributed by atoms with Gasteiger partial charge in [-0.15, -0.1) is 0 Å². The van der Waals surface area contributed by atoms with Crippen LogP contribution in [0.15, 0.2) is 97.3 Å². The number of carbonyl (C=O) groups is 2. The predicted molar refractivity (Wildman–Crippen MR) is 132 cm³/mol. The molecule has 0 radical (unpaired) electrons. The van der Waals surface area contributed by atoms with Crippen LogP contribution in [0.4, 0.5) is 16.2 Å². The third kappa shape index (κ3) is 4.73. The third-order valence-corrected chi connectivity index (χ3v) is 5.62. The predicted octanol–water partition coefficient (Wildman–Crippen LogP) is 4.94. The first kappa shape index (κ1) is 22.5. The van der Waals surface area contributed by atoms with Crippen molar-refractivity contribution in [2.45, 2.75) is 12.5 Å². The number of nitrogens with zero attached hydrogens (tertiary/aromatic N) is 1. The molecule has 0 bridgehead atoms. The summed E-state index contributed by atoms with van der Waals surface area (Å²) in [7, 11) is 0. The summed E-state index contributed by atoms with van der Waals surface area (Å²) in [5.41, 5.74) is 14.9. The summed E-state index contributed by atoms with van der Waals surface area (Å²) in [6, 6.07) is 25.6. The molecule has 4 rings (SSSR count). The van der Waals surface area contributed by atoms with Gasteiger partial charge in [0.2, 0.25) is 0 Å². The first-order valence-corrected chi connectivity index (χ1v) is 10.6. The van der Waals surface area contributed by atoms with E-state index in [2.05, 4.69) is 10.3 Å². The molecule has 170 valence electrons. The molecule has 5 N–H and O–H groups in total. The van der Waals surface area contributed by atoms with Gasteiger partial charge < -0.3 is 21.5 Å². The van der Waals surface area contributed by atoms with Gasteiger partial charge in [0.15, 0.2) is 5.60 Å². The van der Waals surface area contributed by atoms with E-state index in [1.54, 1.807) is 61.8 Å². The zero-order valence-corrected chi connectivity index (χ0v) is 18.6. The highest BCUT2D eigenvalue weighted by molar-refractivity contribution is 6.06. The second-order valence-corrected chi connectivity index (χ2v) is 7.90. The number of pyridine rings is 1. The summed E-state index contributed by atoms with van der Waals surface area (Å²) in [5.74, 6) is -0.317. The first-order chi connectivity index (χ1) is 16.4. The molecule has 0 aliphatic rings. The summed E-state index contributed by atoms with van der Waals surface area (Å²) in [4.78, 5) is 28.7. The van der Waals surface area contributed by atoms with Crippen molar-refractivity contribution in [2.75, 3.05) is 11.1 Å². The summed E-state index contributed by atoms with van der Waals surface area (Å²) < 4.78 is 5.46. The maximum Gasteiger partial charge on any atom is 0.405 e. The largest absolute Gasteiger partial charge is 0.433 e. The number of rotatable bonds is 6. The Morgan fingerprint density at radius 2 is 1.62 bits per heavy atom. The van der Waals surface area contributed by atoms with Gasteiger partial charge in [0.25, 0.3) is 5.91 Å². The number of aromatic nitrogens is 1. The molecule has 1 aromatic heterocycles. The van der Waals surface area contributed by atoms with Crippen molar-refractivity contribution >= 4 is 23.4 Å². The van der Waals surface area contributed by atoms with Crippen molar-refractivity contribution in [2.24, 2.45) is 5.73 Å². The van der Waals surface area contributed by atoms with Gasteiger partial charge in [-0.1, -0.05) is 54.6 Å². The minimum atomic E-state index is -1.16. The minimum absolute atomic E-state index is 0.317. The van der Waals surface area contributed by atoms with E-state index < -0.39 is 11.7 Å². The summed E-state index contributed by atoms with van der Waals surface area (Å²) in [5, 5.41) is 2.88. The second-order valence-electron chi connectivity index (χ2n) is 7.90. The van der Waals surface area contributed by atoms with E-state index in [1.807, 2.05) is 42.5 Å². The Kier molecular flexibility index (Phi) is 6.27. The van der Waals surface area contributed by atoms with Crippen LogP contribution >= 0.6 is 0 Å². The van der Waals surface area contributed by atoms with Crippen LogP contribution in [0, 0.1) is 0 Å². The van der Waals surface area contributed by atoms with Crippen LogP contribution in [0.25, 0.3) is 11.1 Å². The number of amides is 2. The van der Waals surface area contributed by atoms with Crippen molar-refractivity contribution < 1.29 is 14.3 Å². The molecule has 0 saturated carbocycles. The zero-order valence-electron chi connectivity index (χ0n) is 18.6. The molecule has 34 heavy (non-hydrogen) atoms. The Morgan fingerprint density at radius 1 is 0.882 bits per heavy atom. The van der Waals surface area contributed by atoms with Crippen molar-refractivity contribution in [1.29, 1.82) is 0 Å². The third-order valence-electron chi connectivity index (χ3n) is 5.62. The summed E-state index contributed by atoms with van der Waals surface area (Å²) >= 11 is 0. The number of hydrogen-bond acceptors (Lipinski definition) is 5. The maximum atomic E-state index is 12.9. The van der Waals surface area contributed by atoms with E-state index in [9.17, 15) is 9.59 Å². The zero-order chi connectivity index (χ0) is 24.1. The highest BCUT2D eigenvalue weighted by Gasteiger charge is 2.33. The minimum Gasteiger partial charge on any atom is -0.433 e. The van der Waals surface area contributed by atoms with Gasteiger partial charge in [-0.3, -0.25) is 9.78 Å². The molecular weight excluding hydrogens is 428 g/mol. The number of nitrogen functional groups attached to an aromatic ring is 1. The fourth-order valence-electron chi connectivity index (χ4n) is 3.74. The number of carbonyl (C=O) groups excluding carboxylic acids is 2. The average molecular weight is 453 g/mol. The Labute approximate surface area is 197 Å². The highest BCUT2D eigenvalue weighted by Crippen LogP contribution is 2.33. The molecule has 3 aromatic carbocycles. The van der Waals surface area contributed by atoms with E-state index in [0.717, 1.165) is 11.1 Å². The molecule has 1 heterocycles. The van der Waals surface area contributed by atoms with Gasteiger partial charge in [0, 0.05) is 23.5 Å². The van der Waals surface area contributed by atoms with E-state index in [-0.39, 0.29) is 5.91 Å². The quantitative estimate of drug-likeness (QED) is 0.358. The molecule has 7 nitrogen and oxygen atoms in total. The van der Waals surface area contributed by atoms with Gasteiger partial charge >= 0.3 is 6.09 Å². The molecule has 2 amide bonds. The first-order valence-electron chi connectivity index (χ1n) is 10.6. The SMILES string of the molecule is CC(OC(N)=O)(c1ccc(C(=O)Nc2cc(-c3ccccc3)ccc2N)cc1)c1cccnc1. The van der Waals surface area contributed by atoms with Crippen LogP contribution in [-0.2, 0) is 10.3 Å². The van der Waals surface area contributed by atoms with Crippen molar-refractivity contribution in [3.63, 3.8) is 0 Å². The van der Waals surface area contributed by atoms with Crippen LogP contribution in [0.1, 0.15) is 28.4 Å². The maximum absolute atomic E-state index is 12.9. The molecule has 0 aliphatic carbocycles. The molecular formula is C27H24N4O3. The lowest BCUT2D eigenvalue weighted by Crippen LogP contribution is -2.33. The monoisotopic (exact) mass is 452 g/mol. The summed E-state index contributed by atoms with van der Waals surface area (Å²) in [6.45, 7) is 1.72. The molecule has 0 aliphatic heterocycles. The van der Waals surface area contributed by atoms with Crippen molar-refractivity contribution in [1.82, 2.24) is 4.98 Å². The number of hydrogen-bond donors (Lipinski definition) is 3. The van der Waals surface area contributed by atoms with E-state index in [4.69, 9.17) is 16.2 Å². The normalized spacial score (nSPS) is 12.4. The lowest BCUT2D eigenvalue weighted by atomic mass is 9.88. The molecule has 7 heteroatoms.